The molecule has 1 heterocycles. The fourth-order valence-corrected chi connectivity index (χ4v) is 2.44. The highest BCUT2D eigenvalue weighted by molar-refractivity contribution is 6.32. The molecule has 0 saturated heterocycles. The Morgan fingerprint density at radius 3 is 2.95 bits per heavy atom. The van der Waals surface area contributed by atoms with Crippen LogP contribution in [0.4, 0.5) is 0 Å². The van der Waals surface area contributed by atoms with Gasteiger partial charge in [0.1, 0.15) is 18.1 Å². The SMILES string of the molecule is Oc1ccc(CNC2COc3ccccc32)cc1Cl. The maximum absolute atomic E-state index is 9.38. The van der Waals surface area contributed by atoms with Crippen LogP contribution in [0, 0.1) is 0 Å². The van der Waals surface area contributed by atoms with Gasteiger partial charge in [-0.25, -0.2) is 0 Å². The Hall–Kier alpha value is -1.71. The van der Waals surface area contributed by atoms with Gasteiger partial charge in [0.25, 0.3) is 0 Å². The number of fused-ring (bicyclic) bond motifs is 1. The van der Waals surface area contributed by atoms with Crippen LogP contribution in [-0.4, -0.2) is 11.7 Å². The second kappa shape index (κ2) is 5.11. The van der Waals surface area contributed by atoms with Crippen molar-refractivity contribution in [3.05, 3.63) is 58.6 Å². The average Bonchev–Trinajstić information content (AvgIpc) is 2.83. The maximum Gasteiger partial charge on any atom is 0.134 e. The normalized spacial score (nSPS) is 17.0. The molecule has 0 fully saturated rings. The Morgan fingerprint density at radius 2 is 2.11 bits per heavy atom. The third-order valence-corrected chi connectivity index (χ3v) is 3.57. The fraction of sp³-hybridized carbons (Fsp3) is 0.200. The maximum atomic E-state index is 9.38. The molecular formula is C15H14ClNO2. The van der Waals surface area contributed by atoms with Crippen LogP contribution in [0.1, 0.15) is 17.2 Å². The minimum Gasteiger partial charge on any atom is -0.506 e. The molecule has 0 spiro atoms. The number of hydrogen-bond donors (Lipinski definition) is 2. The summed E-state index contributed by atoms with van der Waals surface area (Å²) in [5.74, 6) is 1.06. The molecule has 0 aromatic heterocycles. The van der Waals surface area contributed by atoms with Gasteiger partial charge in [-0.05, 0) is 23.8 Å². The molecule has 0 aliphatic carbocycles. The number of benzene rings is 2. The Balaban J connectivity index is 1.69. The van der Waals surface area contributed by atoms with Crippen LogP contribution in [0.15, 0.2) is 42.5 Å². The van der Waals surface area contributed by atoms with Crippen LogP contribution >= 0.6 is 11.6 Å². The first-order chi connectivity index (χ1) is 9.24. The van der Waals surface area contributed by atoms with E-state index in [1.165, 1.54) is 5.56 Å². The van der Waals surface area contributed by atoms with Gasteiger partial charge < -0.3 is 15.2 Å². The van der Waals surface area contributed by atoms with Crippen LogP contribution < -0.4 is 10.1 Å². The number of phenols is 1. The molecular weight excluding hydrogens is 262 g/mol. The molecule has 19 heavy (non-hydrogen) atoms. The van der Waals surface area contributed by atoms with Crippen LogP contribution in [0.5, 0.6) is 11.5 Å². The van der Waals surface area contributed by atoms with E-state index in [1.807, 2.05) is 24.3 Å². The molecule has 0 radical (unpaired) electrons. The summed E-state index contributed by atoms with van der Waals surface area (Å²) in [6.45, 7) is 1.33. The van der Waals surface area contributed by atoms with E-state index in [0.717, 1.165) is 11.3 Å². The fourth-order valence-electron chi connectivity index (χ4n) is 2.23. The van der Waals surface area contributed by atoms with Crippen molar-refractivity contribution in [3.63, 3.8) is 0 Å². The molecule has 2 aromatic carbocycles. The van der Waals surface area contributed by atoms with Gasteiger partial charge in [-0.3, -0.25) is 0 Å². The predicted octanol–water partition coefficient (Wildman–Crippen LogP) is 3.27. The van der Waals surface area contributed by atoms with Gasteiger partial charge in [-0.1, -0.05) is 35.9 Å². The van der Waals surface area contributed by atoms with Crippen LogP contribution in [-0.2, 0) is 6.54 Å². The number of rotatable bonds is 3. The summed E-state index contributed by atoms with van der Waals surface area (Å²) in [5, 5.41) is 13.2. The minimum atomic E-state index is 0.111. The van der Waals surface area contributed by atoms with Crippen molar-refractivity contribution in [2.75, 3.05) is 6.61 Å². The zero-order valence-electron chi connectivity index (χ0n) is 10.3. The third-order valence-electron chi connectivity index (χ3n) is 3.26. The Labute approximate surface area is 116 Å². The molecule has 1 aliphatic heterocycles. The van der Waals surface area contributed by atoms with E-state index in [0.29, 0.717) is 18.2 Å². The van der Waals surface area contributed by atoms with E-state index < -0.39 is 0 Å². The zero-order chi connectivity index (χ0) is 13.2. The summed E-state index contributed by atoms with van der Waals surface area (Å²) in [6.07, 6.45) is 0. The van der Waals surface area contributed by atoms with Gasteiger partial charge in [0.15, 0.2) is 0 Å². The topological polar surface area (TPSA) is 41.5 Å². The highest BCUT2D eigenvalue weighted by Gasteiger charge is 2.22. The van der Waals surface area contributed by atoms with Crippen molar-refractivity contribution in [3.8, 4) is 11.5 Å². The lowest BCUT2D eigenvalue weighted by atomic mass is 10.1. The molecule has 2 N–H and O–H groups in total. The summed E-state index contributed by atoms with van der Waals surface area (Å²) in [7, 11) is 0. The van der Waals surface area contributed by atoms with Gasteiger partial charge >= 0.3 is 0 Å². The Bertz CT molecular complexity index is 600. The van der Waals surface area contributed by atoms with E-state index >= 15 is 0 Å². The Morgan fingerprint density at radius 1 is 1.26 bits per heavy atom. The van der Waals surface area contributed by atoms with Gasteiger partial charge in [-0.2, -0.15) is 0 Å². The van der Waals surface area contributed by atoms with E-state index in [1.54, 1.807) is 12.1 Å². The van der Waals surface area contributed by atoms with Crippen molar-refractivity contribution in [1.29, 1.82) is 0 Å². The molecule has 98 valence electrons. The standard InChI is InChI=1S/C15H14ClNO2/c16-12-7-10(5-6-14(12)18)8-17-13-9-19-15-4-2-1-3-11(13)15/h1-7,13,17-18H,8-9H2. The Kier molecular flexibility index (Phi) is 3.32. The smallest absolute Gasteiger partial charge is 0.134 e. The second-order valence-electron chi connectivity index (χ2n) is 4.57. The third kappa shape index (κ3) is 2.53. The molecule has 4 heteroatoms. The summed E-state index contributed by atoms with van der Waals surface area (Å²) >= 11 is 5.89. The zero-order valence-corrected chi connectivity index (χ0v) is 11.0. The first kappa shape index (κ1) is 12.3. The van der Waals surface area contributed by atoms with Crippen LogP contribution in [0.25, 0.3) is 0 Å². The molecule has 0 amide bonds. The summed E-state index contributed by atoms with van der Waals surface area (Å²) in [5.41, 5.74) is 2.22. The largest absolute Gasteiger partial charge is 0.506 e. The van der Waals surface area contributed by atoms with Crippen molar-refractivity contribution < 1.29 is 9.84 Å². The lowest BCUT2D eigenvalue weighted by Gasteiger charge is -2.12. The number of aromatic hydroxyl groups is 1. The molecule has 1 atom stereocenters. The first-order valence-corrected chi connectivity index (χ1v) is 6.54. The van der Waals surface area contributed by atoms with E-state index in [4.69, 9.17) is 16.3 Å². The summed E-state index contributed by atoms with van der Waals surface area (Å²) in [6, 6.07) is 13.5. The first-order valence-electron chi connectivity index (χ1n) is 6.16. The number of halogens is 1. The van der Waals surface area contributed by atoms with E-state index in [9.17, 15) is 5.11 Å². The van der Waals surface area contributed by atoms with Crippen molar-refractivity contribution in [1.82, 2.24) is 5.32 Å². The van der Waals surface area contributed by atoms with Gasteiger partial charge in [0.05, 0.1) is 11.1 Å². The molecule has 1 unspecified atom stereocenters. The molecule has 2 aromatic rings. The number of nitrogens with one attached hydrogen (secondary N) is 1. The highest BCUT2D eigenvalue weighted by atomic mass is 35.5. The molecule has 3 rings (SSSR count). The predicted molar refractivity (Wildman–Crippen MR) is 74.6 cm³/mol. The van der Waals surface area contributed by atoms with Crippen molar-refractivity contribution in [2.45, 2.75) is 12.6 Å². The van der Waals surface area contributed by atoms with Gasteiger partial charge in [-0.15, -0.1) is 0 Å². The van der Waals surface area contributed by atoms with Crippen LogP contribution in [0.2, 0.25) is 5.02 Å². The van der Waals surface area contributed by atoms with Crippen molar-refractivity contribution >= 4 is 11.6 Å². The van der Waals surface area contributed by atoms with Gasteiger partial charge in [0, 0.05) is 12.1 Å². The summed E-state index contributed by atoms with van der Waals surface area (Å²) < 4.78 is 5.61. The number of ether oxygens (including phenoxy) is 1. The number of phenolic OH excluding ortho intramolecular Hbond substituents is 1. The monoisotopic (exact) mass is 275 g/mol. The molecule has 0 bridgehead atoms. The van der Waals surface area contributed by atoms with Crippen molar-refractivity contribution in [2.24, 2.45) is 0 Å². The highest BCUT2D eigenvalue weighted by Crippen LogP contribution is 2.32. The van der Waals surface area contributed by atoms with E-state index in [2.05, 4.69) is 11.4 Å². The summed E-state index contributed by atoms with van der Waals surface area (Å²) in [4.78, 5) is 0. The second-order valence-corrected chi connectivity index (χ2v) is 4.98. The molecule has 3 nitrogen and oxygen atoms in total. The molecule has 0 saturated carbocycles. The van der Waals surface area contributed by atoms with Crippen LogP contribution in [0.3, 0.4) is 0 Å². The van der Waals surface area contributed by atoms with E-state index in [-0.39, 0.29) is 11.8 Å². The number of para-hydroxylation sites is 1. The lowest BCUT2D eigenvalue weighted by Crippen LogP contribution is -2.21. The minimum absolute atomic E-state index is 0.111. The number of hydrogen-bond acceptors (Lipinski definition) is 3. The average molecular weight is 276 g/mol. The van der Waals surface area contributed by atoms with Gasteiger partial charge in [0.2, 0.25) is 0 Å². The lowest BCUT2D eigenvalue weighted by molar-refractivity contribution is 0.310. The molecule has 1 aliphatic rings. The quantitative estimate of drug-likeness (QED) is 0.903.